The third-order valence-electron chi connectivity index (χ3n) is 4.14. The fourth-order valence-corrected chi connectivity index (χ4v) is 2.87. The molecule has 1 aromatic heterocycles. The van der Waals surface area contributed by atoms with Gasteiger partial charge < -0.3 is 14.4 Å². The van der Waals surface area contributed by atoms with E-state index in [-0.39, 0.29) is 12.2 Å². The summed E-state index contributed by atoms with van der Waals surface area (Å²) in [5.41, 5.74) is 0.933. The Balaban J connectivity index is 1.89. The minimum atomic E-state index is 0.0671. The van der Waals surface area contributed by atoms with E-state index in [1.807, 2.05) is 6.92 Å². The van der Waals surface area contributed by atoms with Gasteiger partial charge in [-0.1, -0.05) is 11.6 Å². The number of methoxy groups -OCH3 is 2. The van der Waals surface area contributed by atoms with Crippen molar-refractivity contribution in [3.63, 3.8) is 0 Å². The van der Waals surface area contributed by atoms with E-state index in [1.165, 1.54) is 12.8 Å². The Kier molecular flexibility index (Phi) is 3.84. The highest BCUT2D eigenvalue weighted by Gasteiger charge is 2.36. The first-order chi connectivity index (χ1) is 9.63. The van der Waals surface area contributed by atoms with Crippen molar-refractivity contribution < 1.29 is 9.47 Å². The van der Waals surface area contributed by atoms with Gasteiger partial charge in [0.25, 0.3) is 0 Å². The van der Waals surface area contributed by atoms with Crippen LogP contribution in [0.3, 0.4) is 0 Å². The fourth-order valence-electron chi connectivity index (χ4n) is 2.70. The van der Waals surface area contributed by atoms with Crippen LogP contribution in [0.15, 0.2) is 0 Å². The molecule has 1 saturated heterocycles. The Labute approximate surface area is 124 Å². The molecule has 0 radical (unpaired) electrons. The molecule has 3 rings (SSSR count). The lowest BCUT2D eigenvalue weighted by atomic mass is 10.3. The van der Waals surface area contributed by atoms with Gasteiger partial charge >= 0.3 is 0 Å². The molecule has 1 aliphatic carbocycles. The van der Waals surface area contributed by atoms with Crippen molar-refractivity contribution in [1.29, 1.82) is 0 Å². The van der Waals surface area contributed by atoms with Crippen molar-refractivity contribution in [2.75, 3.05) is 32.2 Å². The van der Waals surface area contributed by atoms with Crippen LogP contribution in [0.2, 0.25) is 5.15 Å². The Morgan fingerprint density at radius 2 is 1.70 bits per heavy atom. The second-order valence-corrected chi connectivity index (χ2v) is 5.91. The van der Waals surface area contributed by atoms with Crippen LogP contribution < -0.4 is 4.90 Å². The molecule has 2 aliphatic rings. The number of hydrogen-bond donors (Lipinski definition) is 0. The molecule has 20 heavy (non-hydrogen) atoms. The molecule has 2 heterocycles. The summed E-state index contributed by atoms with van der Waals surface area (Å²) in [4.78, 5) is 11.3. The largest absolute Gasteiger partial charge is 0.377 e. The normalized spacial score (nSPS) is 26.3. The lowest BCUT2D eigenvalue weighted by molar-refractivity contribution is -0.00461. The molecule has 1 aliphatic heterocycles. The number of hydrogen-bond acceptors (Lipinski definition) is 5. The monoisotopic (exact) mass is 297 g/mol. The van der Waals surface area contributed by atoms with Gasteiger partial charge in [0.05, 0.1) is 0 Å². The number of anilines is 1. The minimum Gasteiger partial charge on any atom is -0.377 e. The van der Waals surface area contributed by atoms with Gasteiger partial charge in [0, 0.05) is 38.8 Å². The van der Waals surface area contributed by atoms with Crippen LogP contribution in [0, 0.1) is 6.92 Å². The van der Waals surface area contributed by atoms with Crippen LogP contribution in [-0.4, -0.2) is 49.5 Å². The summed E-state index contributed by atoms with van der Waals surface area (Å²) in [7, 11) is 3.44. The van der Waals surface area contributed by atoms with Crippen molar-refractivity contribution >= 4 is 17.4 Å². The third-order valence-corrected chi connectivity index (χ3v) is 4.51. The second-order valence-electron chi connectivity index (χ2n) is 5.55. The fraction of sp³-hybridized carbons (Fsp3) is 0.714. The van der Waals surface area contributed by atoms with Gasteiger partial charge in [0.15, 0.2) is 0 Å². The molecule has 110 valence electrons. The molecule has 2 unspecified atom stereocenters. The molecular weight excluding hydrogens is 278 g/mol. The molecule has 0 aromatic carbocycles. The predicted octanol–water partition coefficient (Wildman–Crippen LogP) is 2.17. The zero-order valence-electron chi connectivity index (χ0n) is 12.1. The van der Waals surface area contributed by atoms with Gasteiger partial charge in [-0.05, 0) is 19.8 Å². The van der Waals surface area contributed by atoms with E-state index < -0.39 is 0 Å². The van der Waals surface area contributed by atoms with E-state index in [2.05, 4.69) is 9.88 Å². The molecular formula is C14H20ClN3O2. The zero-order chi connectivity index (χ0) is 14.3. The maximum absolute atomic E-state index is 6.27. The van der Waals surface area contributed by atoms with Gasteiger partial charge in [-0.3, -0.25) is 0 Å². The summed E-state index contributed by atoms with van der Waals surface area (Å²) in [5.74, 6) is 2.30. The Morgan fingerprint density at radius 3 is 2.20 bits per heavy atom. The Hall–Kier alpha value is -0.910. The SMILES string of the molecule is COC1CN(c2nc(C3CC3)nc(Cl)c2C)CC1OC. The molecule has 5 nitrogen and oxygen atoms in total. The molecule has 0 amide bonds. The lowest BCUT2D eigenvalue weighted by Gasteiger charge is -2.20. The molecule has 0 N–H and O–H groups in total. The van der Waals surface area contributed by atoms with Crippen LogP contribution >= 0.6 is 11.6 Å². The topological polar surface area (TPSA) is 47.5 Å². The van der Waals surface area contributed by atoms with Crippen molar-refractivity contribution in [3.8, 4) is 0 Å². The summed E-state index contributed by atoms with van der Waals surface area (Å²) in [5, 5.41) is 0.562. The standard InChI is InChI=1S/C14H20ClN3O2/c1-8-12(15)16-13(9-4-5-9)17-14(8)18-6-10(19-2)11(7-18)20-3/h9-11H,4-7H2,1-3H3. The summed E-state index contributed by atoms with van der Waals surface area (Å²) in [6.45, 7) is 3.51. The smallest absolute Gasteiger partial charge is 0.137 e. The molecule has 2 atom stereocenters. The van der Waals surface area contributed by atoms with E-state index in [0.29, 0.717) is 11.1 Å². The van der Waals surface area contributed by atoms with Crippen LogP contribution in [0.25, 0.3) is 0 Å². The predicted molar refractivity (Wildman–Crippen MR) is 77.6 cm³/mol. The van der Waals surface area contributed by atoms with Gasteiger partial charge in [0.2, 0.25) is 0 Å². The van der Waals surface area contributed by atoms with Gasteiger partial charge in [-0.2, -0.15) is 0 Å². The zero-order valence-corrected chi connectivity index (χ0v) is 12.9. The minimum absolute atomic E-state index is 0.0671. The first-order valence-corrected chi connectivity index (χ1v) is 7.36. The summed E-state index contributed by atoms with van der Waals surface area (Å²) < 4.78 is 11.0. The second kappa shape index (κ2) is 5.47. The van der Waals surface area contributed by atoms with Crippen molar-refractivity contribution in [3.05, 3.63) is 16.5 Å². The summed E-state index contributed by atoms with van der Waals surface area (Å²) in [6.07, 6.45) is 2.47. The van der Waals surface area contributed by atoms with Gasteiger partial charge in [0.1, 0.15) is 29.0 Å². The average molecular weight is 298 g/mol. The molecule has 2 fully saturated rings. The van der Waals surface area contributed by atoms with Crippen molar-refractivity contribution in [2.45, 2.75) is 37.9 Å². The quantitative estimate of drug-likeness (QED) is 0.797. The highest BCUT2D eigenvalue weighted by molar-refractivity contribution is 6.30. The first kappa shape index (κ1) is 14.0. The molecule has 1 saturated carbocycles. The van der Waals surface area contributed by atoms with E-state index in [4.69, 9.17) is 26.1 Å². The first-order valence-electron chi connectivity index (χ1n) is 6.98. The number of ether oxygens (including phenoxy) is 2. The van der Waals surface area contributed by atoms with Crippen LogP contribution in [0.4, 0.5) is 5.82 Å². The van der Waals surface area contributed by atoms with Gasteiger partial charge in [-0.25, -0.2) is 9.97 Å². The summed E-state index contributed by atoms with van der Waals surface area (Å²) >= 11 is 6.27. The molecule has 6 heteroatoms. The summed E-state index contributed by atoms with van der Waals surface area (Å²) in [6, 6.07) is 0. The highest BCUT2D eigenvalue weighted by Crippen LogP contribution is 2.40. The third kappa shape index (κ3) is 2.50. The van der Waals surface area contributed by atoms with Crippen LogP contribution in [0.1, 0.15) is 30.1 Å². The van der Waals surface area contributed by atoms with Crippen LogP contribution in [0.5, 0.6) is 0 Å². The van der Waals surface area contributed by atoms with Crippen LogP contribution in [-0.2, 0) is 9.47 Å². The molecule has 0 spiro atoms. The van der Waals surface area contributed by atoms with Crippen molar-refractivity contribution in [2.24, 2.45) is 0 Å². The molecule has 0 bridgehead atoms. The average Bonchev–Trinajstić information content (AvgIpc) is 3.21. The van der Waals surface area contributed by atoms with E-state index >= 15 is 0 Å². The maximum atomic E-state index is 6.27. The Morgan fingerprint density at radius 1 is 1.10 bits per heavy atom. The number of aromatic nitrogens is 2. The lowest BCUT2D eigenvalue weighted by Crippen LogP contribution is -2.27. The van der Waals surface area contributed by atoms with Gasteiger partial charge in [-0.15, -0.1) is 0 Å². The van der Waals surface area contributed by atoms with E-state index in [9.17, 15) is 0 Å². The molecule has 1 aromatic rings. The number of halogens is 1. The number of nitrogens with zero attached hydrogens (tertiary/aromatic N) is 3. The van der Waals surface area contributed by atoms with E-state index in [0.717, 1.165) is 30.3 Å². The highest BCUT2D eigenvalue weighted by atomic mass is 35.5. The Bertz CT molecular complexity index is 495. The van der Waals surface area contributed by atoms with Crippen molar-refractivity contribution in [1.82, 2.24) is 9.97 Å². The maximum Gasteiger partial charge on any atom is 0.137 e. The van der Waals surface area contributed by atoms with E-state index in [1.54, 1.807) is 14.2 Å². The number of rotatable bonds is 4.